The van der Waals surface area contributed by atoms with Crippen molar-refractivity contribution >= 4 is 23.2 Å². The van der Waals surface area contributed by atoms with Gasteiger partial charge in [0.1, 0.15) is 13.2 Å². The van der Waals surface area contributed by atoms with Gasteiger partial charge in [-0.15, -0.1) is 0 Å². The Labute approximate surface area is 167 Å². The smallest absolute Gasteiger partial charge is 0.242 e. The Bertz CT molecular complexity index is 905. The van der Waals surface area contributed by atoms with Gasteiger partial charge in [-0.25, -0.2) is 0 Å². The molecule has 0 unspecified atom stereocenters. The van der Waals surface area contributed by atoms with Crippen LogP contribution < -0.4 is 35.1 Å². The number of hydrazine groups is 1. The van der Waals surface area contributed by atoms with Crippen LogP contribution in [0.1, 0.15) is 11.1 Å². The largest absolute Gasteiger partial charge is 0.486 e. The number of rotatable bonds is 4. The van der Waals surface area contributed by atoms with E-state index in [-0.39, 0.29) is 19.1 Å². The summed E-state index contributed by atoms with van der Waals surface area (Å²) in [6.07, 6.45) is 0.189. The summed E-state index contributed by atoms with van der Waals surface area (Å²) in [7, 11) is 0. The lowest BCUT2D eigenvalue weighted by molar-refractivity contribution is -0.121. The zero-order valence-corrected chi connectivity index (χ0v) is 15.8. The van der Waals surface area contributed by atoms with E-state index in [9.17, 15) is 4.79 Å². The number of benzene rings is 2. The van der Waals surface area contributed by atoms with Crippen molar-refractivity contribution in [2.75, 3.05) is 20.0 Å². The number of carbonyl (C=O) groups excluding carboxylic acids is 1. The van der Waals surface area contributed by atoms with Crippen molar-refractivity contribution in [3.63, 3.8) is 0 Å². The molecule has 0 spiro atoms. The van der Waals surface area contributed by atoms with Gasteiger partial charge in [-0.05, 0) is 47.6 Å². The van der Waals surface area contributed by atoms with Crippen LogP contribution >= 0.6 is 12.2 Å². The highest BCUT2D eigenvalue weighted by Crippen LogP contribution is 2.32. The van der Waals surface area contributed by atoms with Crippen LogP contribution in [0.3, 0.4) is 0 Å². The number of nitrogens with one attached hydrogen (secondary N) is 3. The molecule has 2 aromatic rings. The number of ether oxygens (including phenoxy) is 4. The lowest BCUT2D eigenvalue weighted by Crippen LogP contribution is -2.47. The molecule has 8 nitrogen and oxygen atoms in total. The van der Waals surface area contributed by atoms with Crippen LogP contribution in [0.15, 0.2) is 36.4 Å². The molecule has 2 aromatic carbocycles. The summed E-state index contributed by atoms with van der Waals surface area (Å²) >= 11 is 5.19. The fraction of sp³-hybridized carbons (Fsp3) is 0.263. The summed E-state index contributed by atoms with van der Waals surface area (Å²) in [6, 6.07) is 11.1. The maximum absolute atomic E-state index is 12.1. The first-order chi connectivity index (χ1) is 13.7. The maximum atomic E-state index is 12.1. The Hall–Kier alpha value is -3.20. The lowest BCUT2D eigenvalue weighted by Gasteiger charge is -2.18. The second-order valence-electron chi connectivity index (χ2n) is 6.20. The van der Waals surface area contributed by atoms with Crippen molar-refractivity contribution in [3.8, 4) is 23.0 Å². The van der Waals surface area contributed by atoms with E-state index >= 15 is 0 Å². The number of amides is 1. The van der Waals surface area contributed by atoms with E-state index in [0.717, 1.165) is 16.9 Å². The summed E-state index contributed by atoms with van der Waals surface area (Å²) in [6.45, 7) is 1.77. The first kappa shape index (κ1) is 18.2. The topological polar surface area (TPSA) is 90.1 Å². The Balaban J connectivity index is 1.21. The number of hydrogen-bond acceptors (Lipinski definition) is 6. The van der Waals surface area contributed by atoms with Crippen LogP contribution in [0.4, 0.5) is 0 Å². The Kier molecular flexibility index (Phi) is 5.34. The molecule has 1 amide bonds. The highest BCUT2D eigenvalue weighted by Gasteiger charge is 2.14. The van der Waals surface area contributed by atoms with Gasteiger partial charge >= 0.3 is 0 Å². The first-order valence-electron chi connectivity index (χ1n) is 8.77. The second kappa shape index (κ2) is 8.22. The molecule has 2 aliphatic heterocycles. The van der Waals surface area contributed by atoms with Gasteiger partial charge in [-0.3, -0.25) is 15.6 Å². The van der Waals surface area contributed by atoms with Crippen molar-refractivity contribution in [2.45, 2.75) is 13.0 Å². The summed E-state index contributed by atoms with van der Waals surface area (Å²) in [5.41, 5.74) is 7.08. The molecule has 9 heteroatoms. The third-order valence-corrected chi connectivity index (χ3v) is 4.42. The Morgan fingerprint density at radius 3 is 2.36 bits per heavy atom. The molecule has 0 radical (unpaired) electrons. The van der Waals surface area contributed by atoms with Crippen LogP contribution in [0.2, 0.25) is 0 Å². The highest BCUT2D eigenvalue weighted by molar-refractivity contribution is 7.80. The SMILES string of the molecule is O=C(Cc1ccc2c(c1)OCCO2)NNC(=S)NCc1ccc2c(c1)OCO2. The van der Waals surface area contributed by atoms with Crippen LogP contribution in [-0.4, -0.2) is 31.0 Å². The first-order valence-corrected chi connectivity index (χ1v) is 9.18. The molecule has 4 rings (SSSR count). The highest BCUT2D eigenvalue weighted by atomic mass is 32.1. The molecule has 0 saturated heterocycles. The molecular weight excluding hydrogens is 382 g/mol. The third-order valence-electron chi connectivity index (χ3n) is 4.18. The van der Waals surface area contributed by atoms with E-state index in [4.69, 9.17) is 31.2 Å². The third kappa shape index (κ3) is 4.37. The summed E-state index contributed by atoms with van der Waals surface area (Å²) in [5.74, 6) is 2.58. The molecule has 0 fully saturated rings. The van der Waals surface area contributed by atoms with Crippen molar-refractivity contribution in [1.29, 1.82) is 0 Å². The van der Waals surface area contributed by atoms with Gasteiger partial charge < -0.3 is 24.3 Å². The van der Waals surface area contributed by atoms with Crippen molar-refractivity contribution in [3.05, 3.63) is 47.5 Å². The molecule has 0 saturated carbocycles. The predicted molar refractivity (Wildman–Crippen MR) is 104 cm³/mol. The average Bonchev–Trinajstić information content (AvgIpc) is 3.18. The fourth-order valence-electron chi connectivity index (χ4n) is 2.83. The second-order valence-corrected chi connectivity index (χ2v) is 6.61. The molecule has 0 aromatic heterocycles. The van der Waals surface area contributed by atoms with Crippen LogP contribution in [-0.2, 0) is 17.8 Å². The average molecular weight is 401 g/mol. The fourth-order valence-corrected chi connectivity index (χ4v) is 2.95. The van der Waals surface area contributed by atoms with Crippen LogP contribution in [0, 0.1) is 0 Å². The summed E-state index contributed by atoms with van der Waals surface area (Å²) < 4.78 is 21.6. The maximum Gasteiger partial charge on any atom is 0.242 e. The zero-order valence-electron chi connectivity index (χ0n) is 14.9. The molecular formula is C19H19N3O5S. The normalized spacial score (nSPS) is 13.6. The lowest BCUT2D eigenvalue weighted by atomic mass is 10.1. The van der Waals surface area contributed by atoms with E-state index in [2.05, 4.69) is 16.2 Å². The molecule has 0 aliphatic carbocycles. The van der Waals surface area contributed by atoms with E-state index in [1.165, 1.54) is 0 Å². The Morgan fingerprint density at radius 2 is 1.50 bits per heavy atom. The molecule has 3 N–H and O–H groups in total. The molecule has 28 heavy (non-hydrogen) atoms. The predicted octanol–water partition coefficient (Wildman–Crippen LogP) is 1.42. The van der Waals surface area contributed by atoms with Gasteiger partial charge in [-0.2, -0.15) is 0 Å². The van der Waals surface area contributed by atoms with E-state index in [0.29, 0.717) is 42.1 Å². The van der Waals surface area contributed by atoms with Crippen LogP contribution in [0.25, 0.3) is 0 Å². The van der Waals surface area contributed by atoms with Gasteiger partial charge in [0, 0.05) is 6.54 Å². The number of thiocarbonyl (C=S) groups is 1. The Morgan fingerprint density at radius 1 is 0.857 bits per heavy atom. The van der Waals surface area contributed by atoms with E-state index in [1.54, 1.807) is 0 Å². The van der Waals surface area contributed by atoms with Gasteiger partial charge in [-0.1, -0.05) is 12.1 Å². The van der Waals surface area contributed by atoms with E-state index in [1.807, 2.05) is 36.4 Å². The monoisotopic (exact) mass is 401 g/mol. The molecule has 146 valence electrons. The minimum Gasteiger partial charge on any atom is -0.486 e. The van der Waals surface area contributed by atoms with Crippen molar-refractivity contribution in [1.82, 2.24) is 16.2 Å². The standard InChI is InChI=1S/C19H19N3O5S/c23-18(9-12-1-3-14-16(7-12)25-6-5-24-14)21-22-19(28)20-10-13-2-4-15-17(8-13)27-11-26-15/h1-4,7-8H,5-6,9-11H2,(H,21,23)(H2,20,22,28). The quantitative estimate of drug-likeness (QED) is 0.524. The number of hydrogen-bond donors (Lipinski definition) is 3. The van der Waals surface area contributed by atoms with Gasteiger partial charge in [0.25, 0.3) is 0 Å². The number of fused-ring (bicyclic) bond motifs is 2. The molecule has 2 heterocycles. The van der Waals surface area contributed by atoms with E-state index < -0.39 is 0 Å². The van der Waals surface area contributed by atoms with Gasteiger partial charge in [0.05, 0.1) is 6.42 Å². The molecule has 0 atom stereocenters. The summed E-state index contributed by atoms with van der Waals surface area (Å²) in [4.78, 5) is 12.1. The molecule has 0 bridgehead atoms. The van der Waals surface area contributed by atoms with Gasteiger partial charge in [0.2, 0.25) is 12.7 Å². The minimum atomic E-state index is -0.219. The van der Waals surface area contributed by atoms with Crippen LogP contribution in [0.5, 0.6) is 23.0 Å². The number of carbonyl (C=O) groups is 1. The summed E-state index contributed by atoms with van der Waals surface area (Å²) in [5, 5.41) is 3.34. The van der Waals surface area contributed by atoms with Gasteiger partial charge in [0.15, 0.2) is 28.1 Å². The minimum absolute atomic E-state index is 0.189. The zero-order chi connectivity index (χ0) is 19.3. The molecule has 2 aliphatic rings. The van der Waals surface area contributed by atoms with Crippen molar-refractivity contribution in [2.24, 2.45) is 0 Å². The van der Waals surface area contributed by atoms with Crippen molar-refractivity contribution < 1.29 is 23.7 Å².